The molecule has 0 bridgehead atoms. The van der Waals surface area contributed by atoms with Crippen LogP contribution < -0.4 is 26.0 Å². The first-order valence-electron chi connectivity index (χ1n) is 14.9. The van der Waals surface area contributed by atoms with Gasteiger partial charge in [0.05, 0.1) is 48.3 Å². The smallest absolute Gasteiger partial charge is 0.410 e. The highest BCUT2D eigenvalue weighted by Crippen LogP contribution is 2.37. The van der Waals surface area contributed by atoms with Crippen molar-refractivity contribution in [2.75, 3.05) is 36.5 Å². The predicted molar refractivity (Wildman–Crippen MR) is 167 cm³/mol. The van der Waals surface area contributed by atoms with Crippen molar-refractivity contribution in [3.8, 4) is 5.75 Å². The van der Waals surface area contributed by atoms with Crippen LogP contribution >= 0.6 is 0 Å². The number of aromatic nitrogens is 2. The lowest BCUT2D eigenvalue weighted by molar-refractivity contribution is -0.177. The van der Waals surface area contributed by atoms with E-state index in [1.165, 1.54) is 29.4 Å². The number of rotatable bonds is 6. The van der Waals surface area contributed by atoms with Crippen molar-refractivity contribution in [3.05, 3.63) is 60.1 Å². The molecule has 250 valence electrons. The molecule has 15 heteroatoms. The van der Waals surface area contributed by atoms with Gasteiger partial charge < -0.3 is 35.5 Å². The topological polar surface area (TPSA) is 158 Å². The SMILES string of the molecule is CC(C)(C)OC(=O)N[C@H]1C[C@@H](C(F)(F)F)CN(c2ccncc2NC(=O)c2nc3cc(C4=CCOCC4)ccc3cc2OC(N)=O)C1. The standard InChI is InChI=1S/C32H35F3N6O6/c1-31(2,3)47-30(44)38-22-14-21(32(33,34)35)16-41(17-22)25-6-9-37-15-24(25)40-28(42)27-26(46-29(36)43)13-20-5-4-19(12-23(20)39-27)18-7-10-45-11-8-18/h4-7,9,12-13,15,21-22H,8,10-11,14,16-17H2,1-3H3,(H2,36,43)(H,38,44)(H,40,42)/t21-,22+/m1/s1. The molecule has 3 aromatic rings. The van der Waals surface area contributed by atoms with E-state index in [0.717, 1.165) is 11.1 Å². The first kappa shape index (κ1) is 33.4. The van der Waals surface area contributed by atoms with Gasteiger partial charge in [0.15, 0.2) is 11.4 Å². The molecule has 0 saturated carbocycles. The van der Waals surface area contributed by atoms with Crippen LogP contribution in [0.5, 0.6) is 5.75 Å². The number of nitrogens with two attached hydrogens (primary N) is 1. The Morgan fingerprint density at radius 1 is 1.11 bits per heavy atom. The summed E-state index contributed by atoms with van der Waals surface area (Å²) in [5.74, 6) is -2.81. The summed E-state index contributed by atoms with van der Waals surface area (Å²) in [4.78, 5) is 47.9. The summed E-state index contributed by atoms with van der Waals surface area (Å²) in [7, 11) is 0. The molecule has 0 unspecified atom stereocenters. The van der Waals surface area contributed by atoms with Gasteiger partial charge in [0.25, 0.3) is 5.91 Å². The molecule has 0 aliphatic carbocycles. The molecular weight excluding hydrogens is 621 g/mol. The number of alkyl halides is 3. The van der Waals surface area contributed by atoms with E-state index in [0.29, 0.717) is 30.5 Å². The number of alkyl carbamates (subject to hydrolysis) is 1. The Kier molecular flexibility index (Phi) is 9.56. The van der Waals surface area contributed by atoms with Gasteiger partial charge in [-0.05, 0) is 62.9 Å². The third-order valence-electron chi connectivity index (χ3n) is 7.56. The highest BCUT2D eigenvalue weighted by atomic mass is 19.4. The van der Waals surface area contributed by atoms with Crippen LogP contribution in [0, 0.1) is 5.92 Å². The zero-order chi connectivity index (χ0) is 33.9. The van der Waals surface area contributed by atoms with Crippen molar-refractivity contribution in [2.24, 2.45) is 11.7 Å². The number of pyridine rings is 2. The Balaban J connectivity index is 1.45. The van der Waals surface area contributed by atoms with Crippen LogP contribution in [0.3, 0.4) is 0 Å². The first-order valence-corrected chi connectivity index (χ1v) is 14.9. The molecule has 4 N–H and O–H groups in total. The molecule has 47 heavy (non-hydrogen) atoms. The van der Waals surface area contributed by atoms with Crippen LogP contribution in [0.15, 0.2) is 48.8 Å². The Labute approximate surface area is 268 Å². The number of primary amides is 1. The number of carbonyl (C=O) groups excluding carboxylic acids is 3. The number of benzene rings is 1. The van der Waals surface area contributed by atoms with Crippen molar-refractivity contribution in [1.82, 2.24) is 15.3 Å². The van der Waals surface area contributed by atoms with E-state index < -0.39 is 48.4 Å². The molecule has 12 nitrogen and oxygen atoms in total. The highest BCUT2D eigenvalue weighted by Gasteiger charge is 2.45. The van der Waals surface area contributed by atoms with Gasteiger partial charge in [0.2, 0.25) is 0 Å². The number of anilines is 2. The zero-order valence-corrected chi connectivity index (χ0v) is 26.0. The number of hydrogen-bond donors (Lipinski definition) is 3. The van der Waals surface area contributed by atoms with E-state index >= 15 is 0 Å². The fraction of sp³-hybridized carbons (Fsp3) is 0.406. The van der Waals surface area contributed by atoms with E-state index in [-0.39, 0.29) is 35.8 Å². The normalized spacial score (nSPS) is 18.7. The summed E-state index contributed by atoms with van der Waals surface area (Å²) in [5, 5.41) is 5.78. The number of hydrogen-bond acceptors (Lipinski definition) is 9. The van der Waals surface area contributed by atoms with Crippen LogP contribution in [-0.2, 0) is 9.47 Å². The monoisotopic (exact) mass is 656 g/mol. The van der Waals surface area contributed by atoms with Gasteiger partial charge >= 0.3 is 18.4 Å². The number of piperidine rings is 1. The summed E-state index contributed by atoms with van der Waals surface area (Å²) < 4.78 is 57.9. The molecule has 2 atom stereocenters. The quantitative estimate of drug-likeness (QED) is 0.315. The molecule has 1 saturated heterocycles. The second-order valence-corrected chi connectivity index (χ2v) is 12.3. The third-order valence-corrected chi connectivity index (χ3v) is 7.56. The average Bonchev–Trinajstić information content (AvgIpc) is 2.99. The van der Waals surface area contributed by atoms with Crippen LogP contribution in [-0.4, -0.2) is 72.2 Å². The summed E-state index contributed by atoms with van der Waals surface area (Å²) in [5.41, 5.74) is 6.83. The van der Waals surface area contributed by atoms with Gasteiger partial charge in [-0.2, -0.15) is 13.2 Å². The largest absolute Gasteiger partial charge is 0.444 e. The van der Waals surface area contributed by atoms with Crippen LogP contribution in [0.25, 0.3) is 16.5 Å². The Morgan fingerprint density at radius 3 is 2.57 bits per heavy atom. The average molecular weight is 657 g/mol. The highest BCUT2D eigenvalue weighted by molar-refractivity contribution is 6.08. The number of nitrogens with zero attached hydrogens (tertiary/aromatic N) is 3. The third kappa shape index (κ3) is 8.47. The van der Waals surface area contributed by atoms with Crippen LogP contribution in [0.2, 0.25) is 0 Å². The Bertz CT molecular complexity index is 1710. The maximum atomic E-state index is 14.0. The molecule has 1 fully saturated rings. The van der Waals surface area contributed by atoms with E-state index in [2.05, 4.69) is 20.6 Å². The maximum absolute atomic E-state index is 14.0. The molecule has 1 aromatic carbocycles. The number of nitrogens with one attached hydrogen (secondary N) is 2. The molecule has 0 spiro atoms. The minimum atomic E-state index is -4.56. The van der Waals surface area contributed by atoms with Crippen molar-refractivity contribution in [1.29, 1.82) is 0 Å². The van der Waals surface area contributed by atoms with Gasteiger partial charge in [-0.3, -0.25) is 9.78 Å². The minimum absolute atomic E-state index is 0.00731. The van der Waals surface area contributed by atoms with Crippen LogP contribution in [0.4, 0.5) is 34.1 Å². The summed E-state index contributed by atoms with van der Waals surface area (Å²) in [6, 6.07) is 7.46. The number of halogens is 3. The molecule has 3 amide bonds. The molecular formula is C32H35F3N6O6. The van der Waals surface area contributed by atoms with E-state index in [1.54, 1.807) is 32.9 Å². The summed E-state index contributed by atoms with van der Waals surface area (Å²) >= 11 is 0. The lowest BCUT2D eigenvalue weighted by Crippen LogP contribution is -2.54. The number of amides is 3. The molecule has 4 heterocycles. The van der Waals surface area contributed by atoms with E-state index in [4.69, 9.17) is 19.9 Å². The second-order valence-electron chi connectivity index (χ2n) is 12.3. The molecule has 2 aliphatic rings. The number of fused-ring (bicyclic) bond motifs is 1. The Hall–Kier alpha value is -4.92. The number of carbonyl (C=O) groups is 3. The first-order chi connectivity index (χ1) is 22.2. The maximum Gasteiger partial charge on any atom is 0.410 e. The van der Waals surface area contributed by atoms with Crippen molar-refractivity contribution in [3.63, 3.8) is 0 Å². The van der Waals surface area contributed by atoms with Gasteiger partial charge in [0.1, 0.15) is 5.60 Å². The van der Waals surface area contributed by atoms with Crippen molar-refractivity contribution < 1.29 is 41.8 Å². The second kappa shape index (κ2) is 13.4. The summed E-state index contributed by atoms with van der Waals surface area (Å²) in [6.45, 7) is 5.56. The van der Waals surface area contributed by atoms with Gasteiger partial charge in [-0.25, -0.2) is 14.6 Å². The zero-order valence-electron chi connectivity index (χ0n) is 26.0. The minimum Gasteiger partial charge on any atom is -0.444 e. The van der Waals surface area contributed by atoms with E-state index in [9.17, 15) is 27.6 Å². The fourth-order valence-corrected chi connectivity index (χ4v) is 5.54. The van der Waals surface area contributed by atoms with Crippen molar-refractivity contribution >= 4 is 45.9 Å². The molecule has 2 aliphatic heterocycles. The van der Waals surface area contributed by atoms with Gasteiger partial charge in [-0.15, -0.1) is 0 Å². The van der Waals surface area contributed by atoms with Crippen LogP contribution in [0.1, 0.15) is 49.7 Å². The lowest BCUT2D eigenvalue weighted by Gasteiger charge is -2.40. The van der Waals surface area contributed by atoms with E-state index in [1.807, 2.05) is 12.1 Å². The lowest BCUT2D eigenvalue weighted by atomic mass is 9.93. The Morgan fingerprint density at radius 2 is 1.89 bits per heavy atom. The van der Waals surface area contributed by atoms with Gasteiger partial charge in [0, 0.05) is 24.7 Å². The van der Waals surface area contributed by atoms with Crippen molar-refractivity contribution in [2.45, 2.75) is 51.4 Å². The molecule has 5 rings (SSSR count). The fourth-order valence-electron chi connectivity index (χ4n) is 5.54. The predicted octanol–water partition coefficient (Wildman–Crippen LogP) is 5.43. The number of ether oxygens (including phenoxy) is 3. The molecule has 2 aromatic heterocycles. The molecule has 0 radical (unpaired) electrons. The van der Waals surface area contributed by atoms with Gasteiger partial charge in [-0.1, -0.05) is 18.2 Å². The summed E-state index contributed by atoms with van der Waals surface area (Å²) in [6.07, 6.45) is -1.59.